The van der Waals surface area contributed by atoms with Gasteiger partial charge in [0, 0.05) is 5.25 Å². The van der Waals surface area contributed by atoms with Gasteiger partial charge in [0.1, 0.15) is 0 Å². The van der Waals surface area contributed by atoms with Gasteiger partial charge in [-0.15, -0.1) is 11.7 Å². The second-order valence-corrected chi connectivity index (χ2v) is 7.56. The zero-order valence-electron chi connectivity index (χ0n) is 11.3. The summed E-state index contributed by atoms with van der Waals surface area (Å²) in [5.41, 5.74) is 0. The van der Waals surface area contributed by atoms with E-state index in [-0.39, 0.29) is 0 Å². The minimum absolute atomic E-state index is 0.749. The van der Waals surface area contributed by atoms with Crippen molar-refractivity contribution in [3.8, 4) is 0 Å². The molecule has 1 rings (SSSR count). The van der Waals surface area contributed by atoms with Crippen LogP contribution in [0.5, 0.6) is 0 Å². The van der Waals surface area contributed by atoms with Crippen molar-refractivity contribution in [1.82, 2.24) is 0 Å². The summed E-state index contributed by atoms with van der Waals surface area (Å²) in [5.74, 6) is 3.57. The summed E-state index contributed by atoms with van der Waals surface area (Å²) >= 11 is 4.46. The van der Waals surface area contributed by atoms with Crippen LogP contribution in [0.3, 0.4) is 0 Å². The van der Waals surface area contributed by atoms with Gasteiger partial charge in [0.25, 0.3) is 0 Å². The third-order valence-corrected chi connectivity index (χ3v) is 6.18. The highest BCUT2D eigenvalue weighted by Gasteiger charge is 2.24. The molecule has 4 atom stereocenters. The zero-order chi connectivity index (χ0) is 12.1. The van der Waals surface area contributed by atoms with Crippen LogP contribution in [-0.2, 0) is 0 Å². The summed E-state index contributed by atoms with van der Waals surface area (Å²) in [6.07, 6.45) is 7.20. The van der Waals surface area contributed by atoms with Crippen molar-refractivity contribution in [1.29, 1.82) is 0 Å². The van der Waals surface area contributed by atoms with E-state index >= 15 is 0 Å². The second-order valence-electron chi connectivity index (χ2n) is 6.11. The zero-order valence-corrected chi connectivity index (χ0v) is 13.0. The molecule has 4 unspecified atom stereocenters. The van der Waals surface area contributed by atoms with Crippen LogP contribution in [0.1, 0.15) is 59.8 Å². The highest BCUT2D eigenvalue weighted by atomic mass is 33.1. The Kier molecular flexibility index (Phi) is 6.65. The smallest absolute Gasteiger partial charge is 0.0177 e. The van der Waals surface area contributed by atoms with Gasteiger partial charge in [-0.25, -0.2) is 0 Å². The van der Waals surface area contributed by atoms with Crippen molar-refractivity contribution in [2.45, 2.75) is 65.0 Å². The van der Waals surface area contributed by atoms with Gasteiger partial charge in [0.15, 0.2) is 0 Å². The Balaban J connectivity index is 2.28. The lowest BCUT2D eigenvalue weighted by atomic mass is 9.89. The summed E-state index contributed by atoms with van der Waals surface area (Å²) in [6, 6.07) is 0. The topological polar surface area (TPSA) is 0 Å². The Morgan fingerprint density at radius 1 is 1.25 bits per heavy atom. The summed E-state index contributed by atoms with van der Waals surface area (Å²) in [6.45, 7) is 9.45. The third kappa shape index (κ3) is 4.52. The van der Waals surface area contributed by atoms with Crippen LogP contribution >= 0.6 is 22.5 Å². The SMILES string of the molecule is CC1CCC(CCC(SS)C(C)C(C)C)C1. The second kappa shape index (κ2) is 7.20. The van der Waals surface area contributed by atoms with E-state index in [0.29, 0.717) is 0 Å². The lowest BCUT2D eigenvalue weighted by Gasteiger charge is -2.25. The van der Waals surface area contributed by atoms with Gasteiger partial charge < -0.3 is 0 Å². The van der Waals surface area contributed by atoms with E-state index in [4.69, 9.17) is 0 Å². The summed E-state index contributed by atoms with van der Waals surface area (Å²) in [4.78, 5) is 0. The maximum atomic E-state index is 4.46. The van der Waals surface area contributed by atoms with E-state index in [0.717, 1.165) is 28.9 Å². The van der Waals surface area contributed by atoms with Gasteiger partial charge in [-0.3, -0.25) is 0 Å². The van der Waals surface area contributed by atoms with Crippen molar-refractivity contribution in [3.63, 3.8) is 0 Å². The van der Waals surface area contributed by atoms with Crippen LogP contribution in [0.15, 0.2) is 0 Å². The Morgan fingerprint density at radius 3 is 2.38 bits per heavy atom. The molecule has 0 amide bonds. The van der Waals surface area contributed by atoms with Crippen LogP contribution < -0.4 is 0 Å². The Hall–Kier alpha value is 0.700. The number of thiol groups is 1. The highest BCUT2D eigenvalue weighted by Crippen LogP contribution is 2.37. The molecule has 0 heterocycles. The van der Waals surface area contributed by atoms with Crippen molar-refractivity contribution < 1.29 is 0 Å². The normalized spacial score (nSPS) is 29.6. The van der Waals surface area contributed by atoms with E-state index in [2.05, 4.69) is 39.4 Å². The van der Waals surface area contributed by atoms with Gasteiger partial charge >= 0.3 is 0 Å². The van der Waals surface area contributed by atoms with Crippen LogP contribution in [0.25, 0.3) is 0 Å². The maximum absolute atomic E-state index is 4.46. The minimum atomic E-state index is 0.749. The molecule has 0 aromatic rings. The Bertz CT molecular complexity index is 191. The molecule has 1 aliphatic carbocycles. The Morgan fingerprint density at radius 2 is 1.94 bits per heavy atom. The van der Waals surface area contributed by atoms with E-state index in [1.807, 2.05) is 0 Å². The lowest BCUT2D eigenvalue weighted by molar-refractivity contribution is 0.366. The molecule has 0 aromatic heterocycles. The van der Waals surface area contributed by atoms with Gasteiger partial charge in [0.2, 0.25) is 0 Å². The molecule has 0 aliphatic heterocycles. The molecular weight excluding hydrogens is 232 g/mol. The fraction of sp³-hybridized carbons (Fsp3) is 1.00. The summed E-state index contributed by atoms with van der Waals surface area (Å²) in [5, 5.41) is 0.749. The molecule has 2 heteroatoms. The standard InChI is InChI=1S/C14H28S2/c1-10(2)12(4)14(16-15)8-7-13-6-5-11(3)9-13/h10-15H,5-9H2,1-4H3. The van der Waals surface area contributed by atoms with Gasteiger partial charge in [0.05, 0.1) is 0 Å². The van der Waals surface area contributed by atoms with E-state index < -0.39 is 0 Å². The maximum Gasteiger partial charge on any atom is 0.0177 e. The number of hydrogen-bond donors (Lipinski definition) is 1. The van der Waals surface area contributed by atoms with Gasteiger partial charge in [-0.05, 0) is 42.9 Å². The molecule has 0 N–H and O–H groups in total. The summed E-state index contributed by atoms with van der Waals surface area (Å²) in [7, 11) is 1.78. The monoisotopic (exact) mass is 260 g/mol. The minimum Gasteiger partial charge on any atom is -0.111 e. The van der Waals surface area contributed by atoms with Crippen molar-refractivity contribution >= 4 is 22.5 Å². The highest BCUT2D eigenvalue weighted by molar-refractivity contribution is 8.68. The molecular formula is C14H28S2. The first-order valence-electron chi connectivity index (χ1n) is 6.84. The van der Waals surface area contributed by atoms with E-state index in [1.165, 1.54) is 32.1 Å². The lowest BCUT2D eigenvalue weighted by Crippen LogP contribution is -2.19. The number of rotatable bonds is 6. The first-order valence-corrected chi connectivity index (χ1v) is 8.78. The van der Waals surface area contributed by atoms with E-state index in [9.17, 15) is 0 Å². The third-order valence-electron chi connectivity index (χ3n) is 4.44. The molecule has 0 aromatic carbocycles. The predicted octanol–water partition coefficient (Wildman–Crippen LogP) is 5.44. The molecule has 1 fully saturated rings. The van der Waals surface area contributed by atoms with Crippen molar-refractivity contribution in [2.24, 2.45) is 23.7 Å². The van der Waals surface area contributed by atoms with Crippen LogP contribution in [0.2, 0.25) is 0 Å². The van der Waals surface area contributed by atoms with Crippen LogP contribution in [0.4, 0.5) is 0 Å². The van der Waals surface area contributed by atoms with Crippen LogP contribution in [0, 0.1) is 23.7 Å². The molecule has 0 bridgehead atoms. The quantitative estimate of drug-likeness (QED) is 0.490. The largest absolute Gasteiger partial charge is 0.111 e. The molecule has 96 valence electrons. The first kappa shape index (κ1) is 14.8. The molecule has 0 nitrogen and oxygen atoms in total. The van der Waals surface area contributed by atoms with E-state index in [1.54, 1.807) is 10.8 Å². The molecule has 1 aliphatic rings. The van der Waals surface area contributed by atoms with Crippen molar-refractivity contribution in [2.75, 3.05) is 0 Å². The van der Waals surface area contributed by atoms with Gasteiger partial charge in [-0.2, -0.15) is 0 Å². The van der Waals surface area contributed by atoms with Crippen molar-refractivity contribution in [3.05, 3.63) is 0 Å². The molecule has 1 saturated carbocycles. The molecule has 0 radical (unpaired) electrons. The predicted molar refractivity (Wildman–Crippen MR) is 80.1 cm³/mol. The fourth-order valence-corrected chi connectivity index (χ4v) is 4.47. The fourth-order valence-electron chi connectivity index (χ4n) is 2.83. The summed E-state index contributed by atoms with van der Waals surface area (Å²) < 4.78 is 0. The average molecular weight is 261 g/mol. The Labute approximate surface area is 111 Å². The average Bonchev–Trinajstić information content (AvgIpc) is 2.64. The molecule has 0 spiro atoms. The molecule has 0 saturated heterocycles. The van der Waals surface area contributed by atoms with Crippen LogP contribution in [-0.4, -0.2) is 5.25 Å². The number of hydrogen-bond acceptors (Lipinski definition) is 2. The first-order chi connectivity index (χ1) is 7.54. The van der Waals surface area contributed by atoms with Gasteiger partial charge in [-0.1, -0.05) is 51.3 Å². The molecule has 16 heavy (non-hydrogen) atoms.